The smallest absolute Gasteiger partial charge is 1.00 e. The fourth-order valence-corrected chi connectivity index (χ4v) is 2.70. The molecule has 1 heterocycles. The van der Waals surface area contributed by atoms with Crippen LogP contribution in [-0.4, -0.2) is 18.1 Å². The maximum atomic E-state index is 7.94. The Morgan fingerprint density at radius 1 is 1.11 bits per heavy atom. The van der Waals surface area contributed by atoms with Gasteiger partial charge in [-0.25, -0.2) is 4.98 Å². The summed E-state index contributed by atoms with van der Waals surface area (Å²) in [5, 5.41) is 8.31. The van der Waals surface area contributed by atoms with Gasteiger partial charge in [0.2, 0.25) is 0 Å². The van der Waals surface area contributed by atoms with Crippen molar-refractivity contribution in [2.75, 3.05) is 23.7 Å². The van der Waals surface area contributed by atoms with Gasteiger partial charge in [-0.1, -0.05) is 0 Å². The molecule has 0 unspecified atom stereocenters. The summed E-state index contributed by atoms with van der Waals surface area (Å²) in [6.45, 7) is 7.98. The number of rotatable bonds is 3. The number of nitrogens with one attached hydrogen (secondary N) is 1. The van der Waals surface area contributed by atoms with E-state index in [-0.39, 0.29) is 69.1 Å². The van der Waals surface area contributed by atoms with Crippen molar-refractivity contribution in [3.8, 4) is 11.5 Å². The molecule has 0 spiro atoms. The average Bonchev–Trinajstić information content (AvgIpc) is 2.52. The Hall–Kier alpha value is -0.777. The van der Waals surface area contributed by atoms with Crippen LogP contribution >= 0.6 is 24.8 Å². The van der Waals surface area contributed by atoms with Crippen LogP contribution in [0.3, 0.4) is 0 Å². The van der Waals surface area contributed by atoms with Gasteiger partial charge < -0.3 is 45.3 Å². The van der Waals surface area contributed by atoms with E-state index in [1.165, 1.54) is 0 Å². The number of hydrogen-bond acceptors (Lipinski definition) is 5. The number of anilines is 2. The summed E-state index contributed by atoms with van der Waals surface area (Å²) >= 11 is 0. The molecule has 0 atom stereocenters. The van der Waals surface area contributed by atoms with Crippen molar-refractivity contribution in [1.29, 1.82) is 5.41 Å². The Morgan fingerprint density at radius 3 is 2.26 bits per heavy atom. The molecule has 3 N–H and O–H groups in total. The van der Waals surface area contributed by atoms with Gasteiger partial charge in [0.15, 0.2) is 11.3 Å². The molecule has 0 bridgehead atoms. The number of benzene rings is 2. The summed E-state index contributed by atoms with van der Waals surface area (Å²) in [4.78, 5) is 6.86. The molecule has 10 heteroatoms. The van der Waals surface area contributed by atoms with Crippen LogP contribution in [0.15, 0.2) is 28.7 Å². The maximum absolute atomic E-state index is 7.94. The largest absolute Gasteiger partial charge is 2.00 e. The fraction of sp³-hybridized carbons (Fsp3) is 0.294. The van der Waals surface area contributed by atoms with Crippen molar-refractivity contribution in [2.24, 2.45) is 0 Å². The van der Waals surface area contributed by atoms with E-state index in [0.717, 1.165) is 29.9 Å². The first kappa shape index (κ1) is 30.9. The summed E-state index contributed by atoms with van der Waals surface area (Å²) in [6, 6.07) is 7.62. The second kappa shape index (κ2) is 12.6. The quantitative estimate of drug-likeness (QED) is 0.245. The summed E-state index contributed by atoms with van der Waals surface area (Å²) in [7, 11) is 0. The normalized spacial score (nSPS) is 9.15. The molecule has 3 rings (SSSR count). The fourth-order valence-electron chi connectivity index (χ4n) is 2.70. The zero-order valence-corrected chi connectivity index (χ0v) is 21.5. The summed E-state index contributed by atoms with van der Waals surface area (Å²) in [5.41, 5.74) is 10.4. The van der Waals surface area contributed by atoms with Crippen molar-refractivity contribution >= 4 is 47.3 Å². The molecule has 1 aliphatic heterocycles. The molecule has 5 nitrogen and oxygen atoms in total. The molecule has 146 valence electrons. The number of fused-ring (bicyclic) bond motifs is 2. The Morgan fingerprint density at radius 2 is 1.70 bits per heavy atom. The van der Waals surface area contributed by atoms with Crippen LogP contribution < -0.4 is 40.8 Å². The molecule has 2 aliphatic rings. The molecule has 1 aromatic carbocycles. The van der Waals surface area contributed by atoms with Gasteiger partial charge in [-0.2, -0.15) is 0 Å². The van der Waals surface area contributed by atoms with Crippen molar-refractivity contribution in [3.63, 3.8) is 0 Å². The van der Waals surface area contributed by atoms with E-state index in [1.807, 2.05) is 25.1 Å². The second-order valence-corrected chi connectivity index (χ2v) is 5.35. The molecule has 0 saturated heterocycles. The minimum absolute atomic E-state index is 0. The van der Waals surface area contributed by atoms with Gasteiger partial charge in [0, 0.05) is 30.4 Å². The molecule has 27 heavy (non-hydrogen) atoms. The maximum Gasteiger partial charge on any atom is 2.00 e. The predicted molar refractivity (Wildman–Crippen MR) is 104 cm³/mol. The zero-order chi connectivity index (χ0) is 15.9. The Labute approximate surface area is 196 Å². The van der Waals surface area contributed by atoms with Crippen molar-refractivity contribution in [3.05, 3.63) is 35.2 Å². The number of nitrogen functional groups attached to an aromatic ring is 1. The summed E-state index contributed by atoms with van der Waals surface area (Å²) in [5.74, 6) is 0.592. The molecule has 1 aliphatic carbocycles. The van der Waals surface area contributed by atoms with E-state index in [0.29, 0.717) is 28.1 Å². The van der Waals surface area contributed by atoms with Crippen molar-refractivity contribution < 1.29 is 48.7 Å². The molecule has 0 amide bonds. The van der Waals surface area contributed by atoms with Gasteiger partial charge in [0.05, 0.1) is 11.0 Å². The molecule has 0 fully saturated rings. The number of hydrogen-bond donors (Lipinski definition) is 2. The van der Waals surface area contributed by atoms with E-state index in [1.54, 1.807) is 6.07 Å². The van der Waals surface area contributed by atoms with Gasteiger partial charge >= 0.3 is 19.5 Å². The number of nitrogens with zero attached hydrogens (tertiary/aromatic N) is 2. The Kier molecular flexibility index (Phi) is 14.5. The van der Waals surface area contributed by atoms with E-state index in [9.17, 15) is 0 Å². The topological polar surface area (TPSA) is 79.1 Å². The van der Waals surface area contributed by atoms with Crippen molar-refractivity contribution in [2.45, 2.75) is 20.8 Å². The number of nitrogens with two attached hydrogens (primary N) is 1. The molecule has 1 aromatic rings. The first-order valence-corrected chi connectivity index (χ1v) is 7.48. The van der Waals surface area contributed by atoms with Crippen LogP contribution in [-0.2, 0) is 19.5 Å². The third-order valence-corrected chi connectivity index (χ3v) is 4.05. The van der Waals surface area contributed by atoms with E-state index < -0.39 is 0 Å². The number of aromatic nitrogens is 1. The van der Waals surface area contributed by atoms with E-state index >= 15 is 0 Å². The molecule has 0 aromatic heterocycles. The first-order chi connectivity index (χ1) is 10.5. The van der Waals surface area contributed by atoms with E-state index in [2.05, 4.69) is 23.7 Å². The van der Waals surface area contributed by atoms with Gasteiger partial charge in [-0.05, 0) is 39.0 Å². The molecule has 0 radical (unpaired) electrons. The minimum atomic E-state index is 0. The van der Waals surface area contributed by atoms with Crippen LogP contribution in [0.25, 0.3) is 22.6 Å². The van der Waals surface area contributed by atoms with Crippen LogP contribution in [0, 0.1) is 12.3 Å². The predicted octanol–water partition coefficient (Wildman–Crippen LogP) is -2.00. The average molecular weight is 506 g/mol. The van der Waals surface area contributed by atoms with Gasteiger partial charge in [0.1, 0.15) is 11.2 Å². The van der Waals surface area contributed by atoms with Crippen LogP contribution in [0.5, 0.6) is 0 Å². The third kappa shape index (κ3) is 5.85. The monoisotopic (exact) mass is 502 g/mol. The van der Waals surface area contributed by atoms with Crippen LogP contribution in [0.4, 0.5) is 11.4 Å². The van der Waals surface area contributed by atoms with Gasteiger partial charge in [0.25, 0.3) is 0 Å². The zero-order valence-electron chi connectivity index (χ0n) is 15.4. The first-order valence-electron chi connectivity index (χ1n) is 7.48. The van der Waals surface area contributed by atoms with Crippen LogP contribution in [0.1, 0.15) is 19.4 Å². The summed E-state index contributed by atoms with van der Waals surface area (Å²) < 4.78 is 6.03. The van der Waals surface area contributed by atoms with E-state index in [4.69, 9.17) is 15.6 Å². The molecular weight excluding hydrogens is 483 g/mol. The second-order valence-electron chi connectivity index (χ2n) is 5.35. The van der Waals surface area contributed by atoms with Crippen LogP contribution in [0.2, 0.25) is 0 Å². The van der Waals surface area contributed by atoms with Crippen molar-refractivity contribution in [1.82, 2.24) is 4.98 Å². The molecular formula is C17H22Cl4N4OZn. The minimum Gasteiger partial charge on any atom is -1.00 e. The van der Waals surface area contributed by atoms with Gasteiger partial charge in [-0.15, -0.1) is 24.8 Å². The third-order valence-electron chi connectivity index (χ3n) is 4.05. The summed E-state index contributed by atoms with van der Waals surface area (Å²) in [6.07, 6.45) is 0. The number of halogens is 4. The SMILES string of the molecule is CCN(CC)c1ccc2nc3c(N)cc(=N)c(C)c-3oc2c1.Cl.Cl.[Cl-].[Cl-].[Zn+2]. The standard InChI is InChI=1S/C17H20N4O.4ClH.Zn/c1-4-21(5-2)11-6-7-14-15(8-11)22-17-10(3)12(18)9-13(19)16(17)20-14;;;;;/h6-9,18H,4-5,19H2,1-3H3;4*1H;/q;;;;;+2/p-2. The molecule has 0 saturated carbocycles. The Bertz CT molecular complexity index is 887. The Balaban J connectivity index is -0.00000115. The van der Waals surface area contributed by atoms with Gasteiger partial charge in [-0.3, -0.25) is 0 Å².